The number of piperidine rings is 2. The largest absolute Gasteiger partial charge is 0.303 e. The topological polar surface area (TPSA) is 6.48 Å². The highest BCUT2D eigenvalue weighted by Crippen LogP contribution is 2.61. The summed E-state index contributed by atoms with van der Waals surface area (Å²) in [4.78, 5) is 5.61. The number of fused-ring (bicyclic) bond motifs is 5. The fourth-order valence-corrected chi connectivity index (χ4v) is 7.28. The van der Waals surface area contributed by atoms with E-state index in [9.17, 15) is 0 Å². The van der Waals surface area contributed by atoms with E-state index in [1.165, 1.54) is 57.9 Å². The van der Waals surface area contributed by atoms with E-state index in [1.54, 1.807) is 0 Å². The van der Waals surface area contributed by atoms with Gasteiger partial charge in [0.15, 0.2) is 0 Å². The second kappa shape index (κ2) is 4.71. The van der Waals surface area contributed by atoms with Crippen molar-refractivity contribution in [1.82, 2.24) is 9.80 Å². The van der Waals surface area contributed by atoms with Gasteiger partial charge < -0.3 is 4.90 Å². The first-order chi connectivity index (χ1) is 9.96. The van der Waals surface area contributed by atoms with E-state index >= 15 is 0 Å². The minimum absolute atomic E-state index is 0.519. The van der Waals surface area contributed by atoms with E-state index in [4.69, 9.17) is 0 Å². The predicted molar refractivity (Wildman–Crippen MR) is 88.4 cm³/mol. The Labute approximate surface area is 131 Å². The lowest BCUT2D eigenvalue weighted by molar-refractivity contribution is -0.127. The molecule has 6 unspecified atom stereocenters. The van der Waals surface area contributed by atoms with Gasteiger partial charge in [0.05, 0.1) is 0 Å². The van der Waals surface area contributed by atoms with Gasteiger partial charge in [0, 0.05) is 29.6 Å². The minimum Gasteiger partial charge on any atom is -0.303 e. The van der Waals surface area contributed by atoms with Gasteiger partial charge in [-0.3, -0.25) is 4.90 Å². The molecule has 21 heavy (non-hydrogen) atoms. The maximum absolute atomic E-state index is 2.89. The molecule has 4 bridgehead atoms. The Morgan fingerprint density at radius 1 is 0.905 bits per heavy atom. The van der Waals surface area contributed by atoms with Crippen molar-refractivity contribution in [1.29, 1.82) is 0 Å². The summed E-state index contributed by atoms with van der Waals surface area (Å²) in [5.41, 5.74) is 1.11. The molecule has 0 radical (unpaired) electrons. The van der Waals surface area contributed by atoms with Crippen LogP contribution < -0.4 is 0 Å². The monoisotopic (exact) mass is 290 g/mol. The lowest BCUT2D eigenvalue weighted by atomic mass is 9.53. The molecule has 3 heterocycles. The van der Waals surface area contributed by atoms with Crippen LogP contribution in [0.1, 0.15) is 65.2 Å². The summed E-state index contributed by atoms with van der Waals surface area (Å²) >= 11 is 0. The zero-order chi connectivity index (χ0) is 14.8. The molecule has 1 saturated carbocycles. The van der Waals surface area contributed by atoms with Crippen molar-refractivity contribution in [3.8, 4) is 0 Å². The number of hydrogen-bond acceptors (Lipinski definition) is 2. The molecule has 1 aliphatic carbocycles. The normalized spacial score (nSPS) is 54.9. The van der Waals surface area contributed by atoms with Crippen LogP contribution >= 0.6 is 0 Å². The Morgan fingerprint density at radius 3 is 2.43 bits per heavy atom. The van der Waals surface area contributed by atoms with Crippen molar-refractivity contribution in [3.05, 3.63) is 0 Å². The average Bonchev–Trinajstić information content (AvgIpc) is 2.63. The SMILES string of the molecule is CC1CC2CC(C34CCCC(CC(C)C3)N4C)(C1)CN2C. The zero-order valence-corrected chi connectivity index (χ0v) is 14.6. The fraction of sp³-hybridized carbons (Fsp3) is 1.00. The van der Waals surface area contributed by atoms with Gasteiger partial charge in [-0.25, -0.2) is 0 Å². The molecule has 120 valence electrons. The van der Waals surface area contributed by atoms with E-state index in [-0.39, 0.29) is 0 Å². The van der Waals surface area contributed by atoms with Gasteiger partial charge in [-0.15, -0.1) is 0 Å². The minimum atomic E-state index is 0.519. The Kier molecular flexibility index (Phi) is 3.25. The van der Waals surface area contributed by atoms with Gasteiger partial charge in [0.1, 0.15) is 0 Å². The maximum atomic E-state index is 2.89. The van der Waals surface area contributed by atoms with E-state index in [1.807, 2.05) is 0 Å². The van der Waals surface area contributed by atoms with Gasteiger partial charge in [-0.05, 0) is 70.9 Å². The summed E-state index contributed by atoms with van der Waals surface area (Å²) in [7, 11) is 4.88. The fourth-order valence-electron chi connectivity index (χ4n) is 7.28. The van der Waals surface area contributed by atoms with Gasteiger partial charge in [0.25, 0.3) is 0 Å². The quantitative estimate of drug-likeness (QED) is 0.725. The van der Waals surface area contributed by atoms with Crippen LogP contribution in [0.15, 0.2) is 0 Å². The molecule has 0 spiro atoms. The molecule has 3 aliphatic heterocycles. The van der Waals surface area contributed by atoms with Crippen LogP contribution in [0.5, 0.6) is 0 Å². The van der Waals surface area contributed by atoms with Gasteiger partial charge in [0.2, 0.25) is 0 Å². The summed E-state index contributed by atoms with van der Waals surface area (Å²) in [5, 5.41) is 0. The number of hydrogen-bond donors (Lipinski definition) is 0. The smallest absolute Gasteiger partial charge is 0.0281 e. The third-order valence-corrected chi connectivity index (χ3v) is 7.91. The van der Waals surface area contributed by atoms with Crippen molar-refractivity contribution in [2.75, 3.05) is 20.6 Å². The van der Waals surface area contributed by atoms with Crippen LogP contribution in [0.25, 0.3) is 0 Å². The molecule has 4 fully saturated rings. The third kappa shape index (κ3) is 1.91. The first-order valence-electron chi connectivity index (χ1n) is 9.39. The van der Waals surface area contributed by atoms with Crippen molar-refractivity contribution in [3.63, 3.8) is 0 Å². The average molecular weight is 290 g/mol. The van der Waals surface area contributed by atoms with Gasteiger partial charge >= 0.3 is 0 Å². The molecular weight excluding hydrogens is 256 g/mol. The first kappa shape index (κ1) is 14.5. The highest BCUT2D eigenvalue weighted by atomic mass is 15.3. The summed E-state index contributed by atoms with van der Waals surface area (Å²) in [6.07, 6.45) is 11.7. The Hall–Kier alpha value is -0.0800. The zero-order valence-electron chi connectivity index (χ0n) is 14.6. The van der Waals surface area contributed by atoms with Crippen LogP contribution in [0.3, 0.4) is 0 Å². The van der Waals surface area contributed by atoms with Crippen molar-refractivity contribution >= 4 is 0 Å². The third-order valence-electron chi connectivity index (χ3n) is 7.91. The van der Waals surface area contributed by atoms with Gasteiger partial charge in [-0.1, -0.05) is 20.3 Å². The molecule has 3 saturated heterocycles. The molecule has 6 atom stereocenters. The van der Waals surface area contributed by atoms with E-state index in [0.29, 0.717) is 11.0 Å². The van der Waals surface area contributed by atoms with Crippen molar-refractivity contribution in [2.24, 2.45) is 17.3 Å². The lowest BCUT2D eigenvalue weighted by Gasteiger charge is -2.64. The Bertz CT molecular complexity index is 412. The molecule has 4 rings (SSSR count). The van der Waals surface area contributed by atoms with Crippen LogP contribution in [0.4, 0.5) is 0 Å². The molecule has 0 aromatic heterocycles. The first-order valence-corrected chi connectivity index (χ1v) is 9.39. The van der Waals surface area contributed by atoms with Gasteiger partial charge in [-0.2, -0.15) is 0 Å². The van der Waals surface area contributed by atoms with E-state index in [0.717, 1.165) is 23.9 Å². The van der Waals surface area contributed by atoms with Crippen LogP contribution in [0, 0.1) is 17.3 Å². The Balaban J connectivity index is 1.75. The highest BCUT2D eigenvalue weighted by molar-refractivity contribution is 5.17. The predicted octanol–water partition coefficient (Wildman–Crippen LogP) is 3.76. The van der Waals surface area contributed by atoms with Crippen molar-refractivity contribution in [2.45, 2.75) is 82.8 Å². The van der Waals surface area contributed by atoms with E-state index in [2.05, 4.69) is 37.7 Å². The molecule has 4 aliphatic rings. The lowest BCUT2D eigenvalue weighted by Crippen LogP contribution is -2.68. The summed E-state index contributed by atoms with van der Waals surface area (Å²) in [6, 6.07) is 1.74. The van der Waals surface area contributed by atoms with Crippen LogP contribution in [0.2, 0.25) is 0 Å². The van der Waals surface area contributed by atoms with Crippen molar-refractivity contribution < 1.29 is 0 Å². The van der Waals surface area contributed by atoms with E-state index < -0.39 is 0 Å². The summed E-state index contributed by atoms with van der Waals surface area (Å²) in [6.45, 7) is 6.41. The molecule has 0 aromatic rings. The standard InChI is InChI=1S/C19H34N2/c1-14-9-17-12-18(10-14,13-20(17)3)19-7-5-6-16(21(19)4)8-15(2)11-19/h14-17H,5-13H2,1-4H3. The molecule has 2 nitrogen and oxygen atoms in total. The molecule has 0 aromatic carbocycles. The number of nitrogens with zero attached hydrogens (tertiary/aromatic N) is 2. The summed E-state index contributed by atoms with van der Waals surface area (Å²) in [5.74, 6) is 1.86. The molecule has 2 heteroatoms. The highest BCUT2D eigenvalue weighted by Gasteiger charge is 2.63. The van der Waals surface area contributed by atoms with Crippen LogP contribution in [-0.4, -0.2) is 48.1 Å². The second-order valence-corrected chi connectivity index (χ2v) is 9.33. The molecule has 0 N–H and O–H groups in total. The maximum Gasteiger partial charge on any atom is 0.0281 e. The van der Waals surface area contributed by atoms with Crippen LogP contribution in [-0.2, 0) is 0 Å². The number of likely N-dealkylation sites (tertiary alicyclic amines) is 1. The molecular formula is C19H34N2. The second-order valence-electron chi connectivity index (χ2n) is 9.33. The Morgan fingerprint density at radius 2 is 1.62 bits per heavy atom. The number of rotatable bonds is 1. The molecule has 0 amide bonds. The summed E-state index contributed by atoms with van der Waals surface area (Å²) < 4.78 is 0.